The largest absolute Gasteiger partial charge is 0.393 e. The first kappa shape index (κ1) is 10.8. The van der Waals surface area contributed by atoms with E-state index in [4.69, 9.17) is 15.6 Å². The van der Waals surface area contributed by atoms with Crippen LogP contribution in [0.3, 0.4) is 0 Å². The van der Waals surface area contributed by atoms with Gasteiger partial charge in [0.15, 0.2) is 0 Å². The van der Waals surface area contributed by atoms with Crippen LogP contribution in [0.5, 0.6) is 0 Å². The van der Waals surface area contributed by atoms with Crippen LogP contribution in [0.1, 0.15) is 12.6 Å². The van der Waals surface area contributed by atoms with Crippen molar-refractivity contribution in [3.8, 4) is 0 Å². The average Bonchev–Trinajstić information content (AvgIpc) is 2.29. The normalized spacial score (nSPS) is 24.6. The van der Waals surface area contributed by atoms with E-state index in [-0.39, 0.29) is 18.5 Å². The summed E-state index contributed by atoms with van der Waals surface area (Å²) in [6.45, 7) is -0.107. The number of nitrogen functional groups attached to an aromatic ring is 1. The zero-order valence-corrected chi connectivity index (χ0v) is 8.61. The summed E-state index contributed by atoms with van der Waals surface area (Å²) in [5.41, 5.74) is 4.94. The van der Waals surface area contributed by atoms with Crippen molar-refractivity contribution >= 4 is 5.82 Å². The summed E-state index contributed by atoms with van der Waals surface area (Å²) in [5, 5.41) is 8.97. The Hall–Kier alpha value is -1.66. The Morgan fingerprint density at radius 1 is 1.69 bits per heavy atom. The number of aromatic nitrogens is 2. The molecule has 0 spiro atoms. The van der Waals surface area contributed by atoms with E-state index in [1.54, 1.807) is 12.3 Å². The first-order valence-corrected chi connectivity index (χ1v) is 4.98. The van der Waals surface area contributed by atoms with Crippen molar-refractivity contribution in [2.45, 2.75) is 18.8 Å². The zero-order chi connectivity index (χ0) is 11.5. The molecule has 86 valence electrons. The first-order valence-electron chi connectivity index (χ1n) is 4.98. The van der Waals surface area contributed by atoms with Gasteiger partial charge in [0.25, 0.3) is 0 Å². The molecule has 6 nitrogen and oxygen atoms in total. The van der Waals surface area contributed by atoms with Crippen LogP contribution in [0.25, 0.3) is 0 Å². The fraction of sp³-hybridized carbons (Fsp3) is 0.400. The maximum Gasteiger partial charge on any atom is 0.351 e. The van der Waals surface area contributed by atoms with Gasteiger partial charge in [0.2, 0.25) is 0 Å². The van der Waals surface area contributed by atoms with Crippen LogP contribution in [0, 0.1) is 0 Å². The number of ether oxygens (including phenoxy) is 1. The SMILES string of the molecule is Nc1ccn(C2CC=CC(CO)O2)c(=O)n1. The Labute approximate surface area is 92.0 Å². The third-order valence-corrected chi connectivity index (χ3v) is 2.36. The van der Waals surface area contributed by atoms with Gasteiger partial charge in [-0.15, -0.1) is 0 Å². The molecule has 1 aliphatic rings. The third kappa shape index (κ3) is 2.12. The zero-order valence-electron chi connectivity index (χ0n) is 8.61. The number of aliphatic hydroxyl groups is 1. The highest BCUT2D eigenvalue weighted by Gasteiger charge is 2.19. The summed E-state index contributed by atoms with van der Waals surface area (Å²) in [5.74, 6) is 0.186. The standard InChI is InChI=1S/C10H13N3O3/c11-8-4-5-13(10(15)12-8)9-3-1-2-7(6-14)16-9/h1-2,4-5,7,9,14H,3,6H2,(H2,11,12,15). The molecule has 0 amide bonds. The van der Waals surface area contributed by atoms with E-state index in [1.807, 2.05) is 6.08 Å². The number of rotatable bonds is 2. The van der Waals surface area contributed by atoms with Gasteiger partial charge in [0.05, 0.1) is 6.61 Å². The molecule has 0 aromatic carbocycles. The van der Waals surface area contributed by atoms with Crippen molar-refractivity contribution in [1.82, 2.24) is 9.55 Å². The molecule has 1 aliphatic heterocycles. The van der Waals surface area contributed by atoms with Crippen LogP contribution in [-0.2, 0) is 4.74 Å². The molecule has 0 saturated heterocycles. The molecule has 3 N–H and O–H groups in total. The predicted octanol–water partition coefficient (Wildman–Crippen LogP) is -0.338. The van der Waals surface area contributed by atoms with E-state index >= 15 is 0 Å². The van der Waals surface area contributed by atoms with Gasteiger partial charge in [-0.1, -0.05) is 12.2 Å². The second kappa shape index (κ2) is 4.46. The molecule has 0 fully saturated rings. The molecule has 2 heterocycles. The maximum atomic E-state index is 11.5. The van der Waals surface area contributed by atoms with E-state index in [0.717, 1.165) is 0 Å². The molecule has 6 heteroatoms. The molecular formula is C10H13N3O3. The van der Waals surface area contributed by atoms with Gasteiger partial charge in [-0.25, -0.2) is 4.79 Å². The Balaban J connectivity index is 2.25. The predicted molar refractivity (Wildman–Crippen MR) is 57.7 cm³/mol. The highest BCUT2D eigenvalue weighted by molar-refractivity contribution is 5.23. The summed E-state index contributed by atoms with van der Waals surface area (Å²) in [7, 11) is 0. The summed E-state index contributed by atoms with van der Waals surface area (Å²) in [6, 6.07) is 1.54. The summed E-state index contributed by atoms with van der Waals surface area (Å²) in [4.78, 5) is 15.2. The smallest absolute Gasteiger partial charge is 0.351 e. The molecule has 0 bridgehead atoms. The van der Waals surface area contributed by atoms with Gasteiger partial charge in [-0.3, -0.25) is 4.57 Å². The molecule has 16 heavy (non-hydrogen) atoms. The van der Waals surface area contributed by atoms with Crippen molar-refractivity contribution in [2.24, 2.45) is 0 Å². The van der Waals surface area contributed by atoms with Crippen LogP contribution >= 0.6 is 0 Å². The molecule has 1 aromatic rings. The minimum absolute atomic E-state index is 0.107. The molecule has 1 aromatic heterocycles. The van der Waals surface area contributed by atoms with Gasteiger partial charge in [-0.05, 0) is 6.07 Å². The first-order chi connectivity index (χ1) is 7.70. The topological polar surface area (TPSA) is 90.4 Å². The van der Waals surface area contributed by atoms with Gasteiger partial charge >= 0.3 is 5.69 Å². The Morgan fingerprint density at radius 2 is 2.50 bits per heavy atom. The van der Waals surface area contributed by atoms with Gasteiger partial charge < -0.3 is 15.6 Å². The van der Waals surface area contributed by atoms with Crippen LogP contribution in [-0.4, -0.2) is 27.4 Å². The van der Waals surface area contributed by atoms with Crippen molar-refractivity contribution in [3.63, 3.8) is 0 Å². The lowest BCUT2D eigenvalue weighted by Gasteiger charge is -2.25. The van der Waals surface area contributed by atoms with Crippen molar-refractivity contribution in [3.05, 3.63) is 34.9 Å². The van der Waals surface area contributed by atoms with Crippen LogP contribution in [0.4, 0.5) is 5.82 Å². The van der Waals surface area contributed by atoms with Gasteiger partial charge in [0.1, 0.15) is 18.1 Å². The Morgan fingerprint density at radius 3 is 3.19 bits per heavy atom. The summed E-state index contributed by atoms with van der Waals surface area (Å²) >= 11 is 0. The lowest BCUT2D eigenvalue weighted by Crippen LogP contribution is -2.33. The van der Waals surface area contributed by atoms with Crippen LogP contribution < -0.4 is 11.4 Å². The summed E-state index contributed by atoms with van der Waals surface area (Å²) < 4.78 is 6.85. The molecule has 0 saturated carbocycles. The maximum absolute atomic E-state index is 11.5. The van der Waals surface area contributed by atoms with Crippen molar-refractivity contribution < 1.29 is 9.84 Å². The highest BCUT2D eigenvalue weighted by atomic mass is 16.5. The second-order valence-corrected chi connectivity index (χ2v) is 3.52. The molecule has 0 aliphatic carbocycles. The summed E-state index contributed by atoms with van der Waals surface area (Å²) in [6.07, 6.45) is 4.96. The monoisotopic (exact) mass is 223 g/mol. The number of aliphatic hydroxyl groups excluding tert-OH is 1. The Kier molecular flexibility index (Phi) is 3.02. The average molecular weight is 223 g/mol. The number of hydrogen-bond donors (Lipinski definition) is 2. The van der Waals surface area contributed by atoms with Crippen LogP contribution in [0.15, 0.2) is 29.2 Å². The molecule has 2 rings (SSSR count). The second-order valence-electron chi connectivity index (χ2n) is 3.52. The van der Waals surface area contributed by atoms with E-state index in [1.165, 1.54) is 10.6 Å². The van der Waals surface area contributed by atoms with Gasteiger partial charge in [0, 0.05) is 12.6 Å². The molecular weight excluding hydrogens is 210 g/mol. The van der Waals surface area contributed by atoms with E-state index < -0.39 is 11.9 Å². The molecule has 2 unspecified atom stereocenters. The van der Waals surface area contributed by atoms with Gasteiger partial charge in [-0.2, -0.15) is 4.98 Å². The number of hydrogen-bond acceptors (Lipinski definition) is 5. The Bertz CT molecular complexity index is 455. The number of nitrogens with two attached hydrogens (primary N) is 1. The van der Waals surface area contributed by atoms with Crippen LogP contribution in [0.2, 0.25) is 0 Å². The molecule has 0 radical (unpaired) electrons. The van der Waals surface area contributed by atoms with E-state index in [9.17, 15) is 4.79 Å². The molecule has 2 atom stereocenters. The van der Waals surface area contributed by atoms with E-state index in [0.29, 0.717) is 6.42 Å². The highest BCUT2D eigenvalue weighted by Crippen LogP contribution is 2.19. The lowest BCUT2D eigenvalue weighted by molar-refractivity contribution is -0.0607. The lowest BCUT2D eigenvalue weighted by atomic mass is 10.2. The quantitative estimate of drug-likeness (QED) is 0.669. The number of anilines is 1. The minimum atomic E-state index is -0.447. The van der Waals surface area contributed by atoms with Crippen molar-refractivity contribution in [2.75, 3.05) is 12.3 Å². The minimum Gasteiger partial charge on any atom is -0.393 e. The van der Waals surface area contributed by atoms with E-state index in [2.05, 4.69) is 4.98 Å². The van der Waals surface area contributed by atoms with Crippen molar-refractivity contribution in [1.29, 1.82) is 0 Å². The number of nitrogens with zero attached hydrogens (tertiary/aromatic N) is 2. The fourth-order valence-electron chi connectivity index (χ4n) is 1.58. The third-order valence-electron chi connectivity index (χ3n) is 2.36. The fourth-order valence-corrected chi connectivity index (χ4v) is 1.58.